The van der Waals surface area contributed by atoms with Crippen molar-refractivity contribution in [2.45, 2.75) is 31.7 Å². The van der Waals surface area contributed by atoms with Crippen molar-refractivity contribution in [1.82, 2.24) is 0 Å². The van der Waals surface area contributed by atoms with Crippen LogP contribution >= 0.6 is 50.5 Å². The maximum Gasteiger partial charge on any atom is 0.0724 e. The predicted octanol–water partition coefficient (Wildman–Crippen LogP) is 7.16. The lowest BCUT2D eigenvalue weighted by atomic mass is 9.96. The van der Waals surface area contributed by atoms with Crippen molar-refractivity contribution >= 4 is 56.2 Å². The highest BCUT2D eigenvalue weighted by atomic mass is 79.9. The summed E-state index contributed by atoms with van der Waals surface area (Å²) in [7, 11) is 0. The maximum absolute atomic E-state index is 6.37. The number of halogens is 3. The summed E-state index contributed by atoms with van der Waals surface area (Å²) in [6, 6.07) is 8.37. The number of anilines is 1. The largest absolute Gasteiger partial charge is 0.375 e. The van der Waals surface area contributed by atoms with Crippen molar-refractivity contribution in [3.05, 3.63) is 49.0 Å². The first-order chi connectivity index (χ1) is 10.1. The van der Waals surface area contributed by atoms with E-state index in [-0.39, 0.29) is 0 Å². The molecule has 0 aliphatic heterocycles. The van der Waals surface area contributed by atoms with Gasteiger partial charge in [-0.1, -0.05) is 58.0 Å². The molecule has 1 N–H and O–H groups in total. The van der Waals surface area contributed by atoms with E-state index >= 15 is 0 Å². The molecular weight excluding hydrogens is 389 g/mol. The SMILES string of the molecule is Clc1cc(Br)cc(Cl)c1NC(c1cccs1)C1CCCC1. The van der Waals surface area contributed by atoms with Gasteiger partial charge in [0.25, 0.3) is 0 Å². The molecule has 21 heavy (non-hydrogen) atoms. The lowest BCUT2D eigenvalue weighted by Crippen LogP contribution is -2.18. The first-order valence-corrected chi connectivity index (χ1v) is 9.52. The molecule has 1 atom stereocenters. The molecule has 0 radical (unpaired) electrons. The lowest BCUT2D eigenvalue weighted by Gasteiger charge is -2.26. The molecule has 1 unspecified atom stereocenters. The second kappa shape index (κ2) is 6.91. The van der Waals surface area contributed by atoms with Crippen LogP contribution in [0, 0.1) is 5.92 Å². The minimum Gasteiger partial charge on any atom is -0.375 e. The van der Waals surface area contributed by atoms with Crippen LogP contribution in [0.25, 0.3) is 0 Å². The summed E-state index contributed by atoms with van der Waals surface area (Å²) in [6.07, 6.45) is 5.16. The molecule has 2 aromatic rings. The van der Waals surface area contributed by atoms with Gasteiger partial charge in [0.05, 0.1) is 21.8 Å². The predicted molar refractivity (Wildman–Crippen MR) is 96.8 cm³/mol. The fourth-order valence-electron chi connectivity index (χ4n) is 3.02. The van der Waals surface area contributed by atoms with Crippen molar-refractivity contribution in [3.8, 4) is 0 Å². The average molecular weight is 405 g/mol. The van der Waals surface area contributed by atoms with Crippen molar-refractivity contribution in [2.75, 3.05) is 5.32 Å². The Morgan fingerprint density at radius 2 is 1.86 bits per heavy atom. The summed E-state index contributed by atoms with van der Waals surface area (Å²) < 4.78 is 0.900. The summed E-state index contributed by atoms with van der Waals surface area (Å²) >= 11 is 18.0. The Kier molecular flexibility index (Phi) is 5.15. The number of rotatable bonds is 4. The molecule has 1 aromatic heterocycles. The van der Waals surface area contributed by atoms with Gasteiger partial charge in [-0.3, -0.25) is 0 Å². The van der Waals surface area contributed by atoms with Gasteiger partial charge in [0, 0.05) is 9.35 Å². The molecule has 1 nitrogen and oxygen atoms in total. The summed E-state index contributed by atoms with van der Waals surface area (Å²) in [4.78, 5) is 1.36. The monoisotopic (exact) mass is 403 g/mol. The minimum atomic E-state index is 0.295. The van der Waals surface area contributed by atoms with E-state index in [0.29, 0.717) is 22.0 Å². The highest BCUT2D eigenvalue weighted by molar-refractivity contribution is 9.10. The van der Waals surface area contributed by atoms with Gasteiger partial charge in [0.2, 0.25) is 0 Å². The van der Waals surface area contributed by atoms with E-state index in [4.69, 9.17) is 23.2 Å². The van der Waals surface area contributed by atoms with Crippen LogP contribution in [0.15, 0.2) is 34.1 Å². The van der Waals surface area contributed by atoms with Crippen LogP contribution in [-0.4, -0.2) is 0 Å². The maximum atomic E-state index is 6.37. The first-order valence-electron chi connectivity index (χ1n) is 7.09. The van der Waals surface area contributed by atoms with Crippen LogP contribution in [0.3, 0.4) is 0 Å². The first kappa shape index (κ1) is 15.7. The van der Waals surface area contributed by atoms with E-state index in [9.17, 15) is 0 Å². The van der Waals surface area contributed by atoms with Crippen LogP contribution in [0.1, 0.15) is 36.6 Å². The quantitative estimate of drug-likeness (QED) is 0.569. The topological polar surface area (TPSA) is 12.0 Å². The van der Waals surface area contributed by atoms with Gasteiger partial charge in [-0.05, 0) is 42.3 Å². The van der Waals surface area contributed by atoms with Crippen LogP contribution in [-0.2, 0) is 0 Å². The number of hydrogen-bond donors (Lipinski definition) is 1. The van der Waals surface area contributed by atoms with E-state index in [2.05, 4.69) is 38.8 Å². The lowest BCUT2D eigenvalue weighted by molar-refractivity contribution is 0.475. The third kappa shape index (κ3) is 3.58. The van der Waals surface area contributed by atoms with Gasteiger partial charge in [0.1, 0.15) is 0 Å². The van der Waals surface area contributed by atoms with E-state index in [1.807, 2.05) is 12.1 Å². The van der Waals surface area contributed by atoms with Gasteiger partial charge in [-0.15, -0.1) is 11.3 Å². The Morgan fingerprint density at radius 3 is 2.43 bits per heavy atom. The van der Waals surface area contributed by atoms with E-state index in [1.165, 1.54) is 30.6 Å². The highest BCUT2D eigenvalue weighted by Crippen LogP contribution is 2.42. The summed E-state index contributed by atoms with van der Waals surface area (Å²) in [5.41, 5.74) is 0.840. The molecule has 0 amide bonds. The van der Waals surface area contributed by atoms with Crippen LogP contribution in [0.5, 0.6) is 0 Å². The van der Waals surface area contributed by atoms with E-state index in [0.717, 1.165) is 10.2 Å². The fraction of sp³-hybridized carbons (Fsp3) is 0.375. The molecule has 112 valence electrons. The van der Waals surface area contributed by atoms with Gasteiger partial charge >= 0.3 is 0 Å². The van der Waals surface area contributed by atoms with Crippen LogP contribution in [0.2, 0.25) is 10.0 Å². The highest BCUT2D eigenvalue weighted by Gasteiger charge is 2.28. The number of nitrogens with one attached hydrogen (secondary N) is 1. The van der Waals surface area contributed by atoms with E-state index < -0.39 is 0 Å². The Bertz CT molecular complexity index is 586. The Morgan fingerprint density at radius 1 is 1.19 bits per heavy atom. The normalized spacial score (nSPS) is 17.1. The Balaban J connectivity index is 1.91. The molecule has 1 aliphatic rings. The zero-order valence-corrected chi connectivity index (χ0v) is 15.3. The summed E-state index contributed by atoms with van der Waals surface area (Å²) in [5, 5.41) is 7.06. The number of thiophene rings is 1. The molecule has 3 rings (SSSR count). The molecule has 0 spiro atoms. The molecular formula is C16H16BrCl2NS. The van der Waals surface area contributed by atoms with Crippen molar-refractivity contribution in [2.24, 2.45) is 5.92 Å². The van der Waals surface area contributed by atoms with Crippen LogP contribution < -0.4 is 5.32 Å². The zero-order valence-electron chi connectivity index (χ0n) is 11.4. The molecule has 1 fully saturated rings. The second-order valence-corrected chi connectivity index (χ2v) is 8.14. The second-order valence-electron chi connectivity index (χ2n) is 5.43. The standard InChI is InChI=1S/C16H16BrCl2NS/c17-11-8-12(18)16(13(19)9-11)20-15(10-4-1-2-5-10)14-6-3-7-21-14/h3,6-10,15,20H,1-2,4-5H2. The van der Waals surface area contributed by atoms with Gasteiger partial charge in [-0.25, -0.2) is 0 Å². The fourth-order valence-corrected chi connectivity index (χ4v) is 5.20. The number of hydrogen-bond acceptors (Lipinski definition) is 2. The van der Waals surface area contributed by atoms with Crippen molar-refractivity contribution in [1.29, 1.82) is 0 Å². The summed E-state index contributed by atoms with van der Waals surface area (Å²) in [6.45, 7) is 0. The molecule has 1 heterocycles. The smallest absolute Gasteiger partial charge is 0.0724 e. The van der Waals surface area contributed by atoms with E-state index in [1.54, 1.807) is 11.3 Å². The zero-order chi connectivity index (χ0) is 14.8. The third-order valence-corrected chi connectivity index (χ3v) is 6.04. The number of benzene rings is 1. The molecule has 1 aliphatic carbocycles. The average Bonchev–Trinajstić information content (AvgIpc) is 3.11. The molecule has 1 saturated carbocycles. The Labute approximate surface area is 147 Å². The van der Waals surface area contributed by atoms with Gasteiger partial charge in [0.15, 0.2) is 0 Å². The van der Waals surface area contributed by atoms with Gasteiger partial charge < -0.3 is 5.32 Å². The Hall–Kier alpha value is -0.220. The van der Waals surface area contributed by atoms with Crippen molar-refractivity contribution in [3.63, 3.8) is 0 Å². The molecule has 0 saturated heterocycles. The van der Waals surface area contributed by atoms with Crippen LogP contribution in [0.4, 0.5) is 5.69 Å². The molecule has 5 heteroatoms. The molecule has 1 aromatic carbocycles. The summed E-state index contributed by atoms with van der Waals surface area (Å²) in [5.74, 6) is 0.652. The molecule has 0 bridgehead atoms. The third-order valence-electron chi connectivity index (χ3n) is 4.03. The van der Waals surface area contributed by atoms with Gasteiger partial charge in [-0.2, -0.15) is 0 Å². The minimum absolute atomic E-state index is 0.295. The van der Waals surface area contributed by atoms with Crippen molar-refractivity contribution < 1.29 is 0 Å².